The second-order valence-corrected chi connectivity index (χ2v) is 5.90. The largest absolute Gasteiger partial charge is 0.159 e. The van der Waals surface area contributed by atoms with Crippen LogP contribution in [-0.2, 0) is 0 Å². The van der Waals surface area contributed by atoms with E-state index in [-0.39, 0.29) is 0 Å². The average Bonchev–Trinajstić information content (AvgIpc) is 1.94. The van der Waals surface area contributed by atoms with Gasteiger partial charge >= 0.3 is 0 Å². The molecule has 0 N–H and O–H groups in total. The standard InChI is InChI=1S/C10H20S/c1-4-11-9-5-7-10(2,3)8-6-9/h9H,4-8H2,1-3H3. The van der Waals surface area contributed by atoms with Crippen molar-refractivity contribution in [1.29, 1.82) is 0 Å². The summed E-state index contributed by atoms with van der Waals surface area (Å²) >= 11 is 2.15. The van der Waals surface area contributed by atoms with Crippen LogP contribution in [0.5, 0.6) is 0 Å². The summed E-state index contributed by atoms with van der Waals surface area (Å²) in [6, 6.07) is 0. The van der Waals surface area contributed by atoms with Gasteiger partial charge in [0.05, 0.1) is 0 Å². The lowest BCUT2D eigenvalue weighted by Crippen LogP contribution is -2.22. The third-order valence-corrected chi connectivity index (χ3v) is 3.96. The van der Waals surface area contributed by atoms with E-state index in [2.05, 4.69) is 32.5 Å². The minimum absolute atomic E-state index is 0.644. The van der Waals surface area contributed by atoms with Gasteiger partial charge < -0.3 is 0 Å². The number of rotatable bonds is 2. The molecule has 1 rings (SSSR count). The van der Waals surface area contributed by atoms with Crippen LogP contribution in [0.2, 0.25) is 0 Å². The van der Waals surface area contributed by atoms with Gasteiger partial charge in [-0.05, 0) is 36.9 Å². The molecule has 66 valence electrons. The SMILES string of the molecule is CCSC1CCC(C)(C)CC1. The Hall–Kier alpha value is 0.350. The molecule has 0 nitrogen and oxygen atoms in total. The Balaban J connectivity index is 2.25. The van der Waals surface area contributed by atoms with Crippen LogP contribution in [0.3, 0.4) is 0 Å². The first-order valence-corrected chi connectivity index (χ1v) is 5.80. The highest BCUT2D eigenvalue weighted by Gasteiger charge is 2.26. The molecule has 0 amide bonds. The zero-order valence-electron chi connectivity index (χ0n) is 8.02. The predicted molar refractivity (Wildman–Crippen MR) is 54.2 cm³/mol. The Morgan fingerprint density at radius 3 is 2.27 bits per heavy atom. The Morgan fingerprint density at radius 2 is 1.82 bits per heavy atom. The number of thioether (sulfide) groups is 1. The lowest BCUT2D eigenvalue weighted by atomic mass is 9.77. The molecule has 0 aliphatic heterocycles. The van der Waals surface area contributed by atoms with E-state index in [0.717, 1.165) is 5.25 Å². The fraction of sp³-hybridized carbons (Fsp3) is 1.00. The fourth-order valence-corrected chi connectivity index (χ4v) is 2.82. The molecule has 1 fully saturated rings. The maximum absolute atomic E-state index is 2.40. The first-order valence-electron chi connectivity index (χ1n) is 4.76. The third kappa shape index (κ3) is 3.06. The molecule has 0 aromatic carbocycles. The smallest absolute Gasteiger partial charge is 0.00473 e. The van der Waals surface area contributed by atoms with Crippen LogP contribution in [0, 0.1) is 5.41 Å². The lowest BCUT2D eigenvalue weighted by Gasteiger charge is -2.33. The summed E-state index contributed by atoms with van der Waals surface area (Å²) in [6.07, 6.45) is 5.77. The summed E-state index contributed by atoms with van der Waals surface area (Å²) < 4.78 is 0. The van der Waals surface area contributed by atoms with Crippen molar-refractivity contribution >= 4 is 11.8 Å². The van der Waals surface area contributed by atoms with Gasteiger partial charge in [-0.15, -0.1) is 0 Å². The molecule has 0 saturated heterocycles. The molecule has 11 heavy (non-hydrogen) atoms. The summed E-state index contributed by atoms with van der Waals surface area (Å²) in [5.41, 5.74) is 0.644. The molecule has 1 aliphatic carbocycles. The van der Waals surface area contributed by atoms with Gasteiger partial charge in [-0.2, -0.15) is 11.8 Å². The van der Waals surface area contributed by atoms with Crippen molar-refractivity contribution < 1.29 is 0 Å². The molecule has 0 heterocycles. The van der Waals surface area contributed by atoms with Gasteiger partial charge in [-0.3, -0.25) is 0 Å². The summed E-state index contributed by atoms with van der Waals surface area (Å²) in [4.78, 5) is 0. The molecular weight excluding hydrogens is 152 g/mol. The first-order chi connectivity index (χ1) is 5.14. The Labute approximate surface area is 75.1 Å². The summed E-state index contributed by atoms with van der Waals surface area (Å²) in [5.74, 6) is 1.30. The maximum Gasteiger partial charge on any atom is 0.00473 e. The van der Waals surface area contributed by atoms with Crippen LogP contribution in [0.1, 0.15) is 46.5 Å². The van der Waals surface area contributed by atoms with E-state index < -0.39 is 0 Å². The van der Waals surface area contributed by atoms with Gasteiger partial charge in [-0.1, -0.05) is 20.8 Å². The zero-order chi connectivity index (χ0) is 8.32. The molecule has 0 aromatic rings. The van der Waals surface area contributed by atoms with E-state index in [1.165, 1.54) is 31.4 Å². The molecule has 0 radical (unpaired) electrons. The zero-order valence-corrected chi connectivity index (χ0v) is 8.84. The lowest BCUT2D eigenvalue weighted by molar-refractivity contribution is 0.249. The van der Waals surface area contributed by atoms with E-state index in [4.69, 9.17) is 0 Å². The number of hydrogen-bond acceptors (Lipinski definition) is 1. The highest BCUT2D eigenvalue weighted by molar-refractivity contribution is 7.99. The van der Waals surface area contributed by atoms with Gasteiger partial charge in [-0.25, -0.2) is 0 Å². The predicted octanol–water partition coefficient (Wildman–Crippen LogP) is 3.71. The van der Waals surface area contributed by atoms with E-state index in [0.29, 0.717) is 5.41 Å². The summed E-state index contributed by atoms with van der Waals surface area (Å²) in [7, 11) is 0. The molecule has 1 saturated carbocycles. The maximum atomic E-state index is 2.40. The highest BCUT2D eigenvalue weighted by Crippen LogP contribution is 2.39. The van der Waals surface area contributed by atoms with Crippen LogP contribution < -0.4 is 0 Å². The van der Waals surface area contributed by atoms with Gasteiger partial charge in [0.2, 0.25) is 0 Å². The van der Waals surface area contributed by atoms with Crippen molar-refractivity contribution in [2.45, 2.75) is 51.7 Å². The van der Waals surface area contributed by atoms with Crippen molar-refractivity contribution in [3.8, 4) is 0 Å². The minimum atomic E-state index is 0.644. The van der Waals surface area contributed by atoms with Crippen molar-refractivity contribution in [1.82, 2.24) is 0 Å². The fourth-order valence-electron chi connectivity index (χ4n) is 1.78. The van der Waals surface area contributed by atoms with Crippen molar-refractivity contribution in [2.75, 3.05) is 5.75 Å². The van der Waals surface area contributed by atoms with Gasteiger partial charge in [0, 0.05) is 5.25 Å². The van der Waals surface area contributed by atoms with Gasteiger partial charge in [0.15, 0.2) is 0 Å². The van der Waals surface area contributed by atoms with Crippen LogP contribution >= 0.6 is 11.8 Å². The van der Waals surface area contributed by atoms with Crippen molar-refractivity contribution in [3.05, 3.63) is 0 Å². The van der Waals surface area contributed by atoms with Crippen LogP contribution in [-0.4, -0.2) is 11.0 Å². The van der Waals surface area contributed by atoms with E-state index in [9.17, 15) is 0 Å². The molecular formula is C10H20S. The molecule has 0 spiro atoms. The van der Waals surface area contributed by atoms with Crippen LogP contribution in [0.25, 0.3) is 0 Å². The molecule has 0 atom stereocenters. The van der Waals surface area contributed by atoms with E-state index in [1.54, 1.807) is 0 Å². The minimum Gasteiger partial charge on any atom is -0.159 e. The van der Waals surface area contributed by atoms with Crippen LogP contribution in [0.15, 0.2) is 0 Å². The molecule has 0 aromatic heterocycles. The molecule has 1 heteroatoms. The van der Waals surface area contributed by atoms with E-state index in [1.807, 2.05) is 0 Å². The van der Waals surface area contributed by atoms with Gasteiger partial charge in [0.25, 0.3) is 0 Å². The second-order valence-electron chi connectivity index (χ2n) is 4.32. The number of hydrogen-bond donors (Lipinski definition) is 0. The molecule has 1 aliphatic rings. The first kappa shape index (κ1) is 9.44. The Bertz CT molecular complexity index is 108. The quantitative estimate of drug-likeness (QED) is 0.612. The highest BCUT2D eigenvalue weighted by atomic mass is 32.2. The van der Waals surface area contributed by atoms with Crippen LogP contribution in [0.4, 0.5) is 0 Å². The molecule has 0 bridgehead atoms. The average molecular weight is 172 g/mol. The van der Waals surface area contributed by atoms with Gasteiger partial charge in [0.1, 0.15) is 0 Å². The molecule has 0 unspecified atom stereocenters. The van der Waals surface area contributed by atoms with Crippen molar-refractivity contribution in [3.63, 3.8) is 0 Å². The normalized spacial score (nSPS) is 25.4. The second kappa shape index (κ2) is 3.84. The summed E-state index contributed by atoms with van der Waals surface area (Å²) in [5, 5.41) is 0.980. The Morgan fingerprint density at radius 1 is 1.27 bits per heavy atom. The monoisotopic (exact) mass is 172 g/mol. The summed E-state index contributed by atoms with van der Waals surface area (Å²) in [6.45, 7) is 7.07. The van der Waals surface area contributed by atoms with E-state index >= 15 is 0 Å². The Kier molecular flexibility index (Phi) is 3.29. The van der Waals surface area contributed by atoms with Crippen molar-refractivity contribution in [2.24, 2.45) is 5.41 Å². The third-order valence-electron chi connectivity index (χ3n) is 2.69. The topological polar surface area (TPSA) is 0 Å².